The van der Waals surface area contributed by atoms with Crippen molar-refractivity contribution in [1.29, 1.82) is 0 Å². The summed E-state index contributed by atoms with van der Waals surface area (Å²) in [7, 11) is 0. The summed E-state index contributed by atoms with van der Waals surface area (Å²) in [4.78, 5) is 0. The van der Waals surface area contributed by atoms with Gasteiger partial charge in [-0.05, 0) is 12.1 Å². The van der Waals surface area contributed by atoms with E-state index in [1.165, 1.54) is 6.07 Å². The number of hydrogen-bond acceptors (Lipinski definition) is 3. The van der Waals surface area contributed by atoms with Gasteiger partial charge in [-0.1, -0.05) is 15.9 Å². The van der Waals surface area contributed by atoms with Gasteiger partial charge in [0.1, 0.15) is 5.75 Å². The summed E-state index contributed by atoms with van der Waals surface area (Å²) < 4.78 is 38.6. The lowest BCUT2D eigenvalue weighted by atomic mass is 10.0. The third-order valence-corrected chi connectivity index (χ3v) is 3.28. The highest BCUT2D eigenvalue weighted by atomic mass is 79.9. The van der Waals surface area contributed by atoms with Crippen molar-refractivity contribution in [2.45, 2.75) is 12.2 Å². The minimum Gasteiger partial charge on any atom is -0.507 e. The van der Waals surface area contributed by atoms with Crippen LogP contribution in [0.3, 0.4) is 0 Å². The summed E-state index contributed by atoms with van der Waals surface area (Å²) in [6.45, 7) is 1.90. The van der Waals surface area contributed by atoms with Gasteiger partial charge in [-0.3, -0.25) is 0 Å². The van der Waals surface area contributed by atoms with E-state index < -0.39 is 17.5 Å². The van der Waals surface area contributed by atoms with Gasteiger partial charge in [-0.15, -0.1) is 0 Å². The first-order chi connectivity index (χ1) is 8.39. The number of phenols is 1. The Labute approximate surface area is 111 Å². The van der Waals surface area contributed by atoms with Crippen LogP contribution in [0, 0.1) is 0 Å². The van der Waals surface area contributed by atoms with Crippen molar-refractivity contribution in [3.8, 4) is 5.75 Å². The normalized spacial score (nSPS) is 21.0. The SMILES string of the molecule is Oc1c([C@H]2CNCCN2)cc(Br)cc1C(F)(F)F. The van der Waals surface area contributed by atoms with Gasteiger partial charge in [0.05, 0.1) is 5.56 Å². The quantitative estimate of drug-likeness (QED) is 0.743. The second kappa shape index (κ2) is 5.07. The van der Waals surface area contributed by atoms with Crippen molar-refractivity contribution in [3.63, 3.8) is 0 Å². The fourth-order valence-corrected chi connectivity index (χ4v) is 2.45. The Morgan fingerprint density at radius 3 is 2.56 bits per heavy atom. The van der Waals surface area contributed by atoms with Crippen molar-refractivity contribution in [2.75, 3.05) is 19.6 Å². The molecule has 0 unspecified atom stereocenters. The second-order valence-electron chi connectivity index (χ2n) is 4.10. The molecular weight excluding hydrogens is 313 g/mol. The Kier molecular flexibility index (Phi) is 3.84. The zero-order valence-electron chi connectivity index (χ0n) is 9.31. The molecule has 1 aliphatic rings. The molecule has 7 heteroatoms. The highest BCUT2D eigenvalue weighted by Gasteiger charge is 2.36. The molecule has 0 spiro atoms. The van der Waals surface area contributed by atoms with Gasteiger partial charge in [0.2, 0.25) is 0 Å². The molecule has 1 heterocycles. The Balaban J connectivity index is 2.44. The van der Waals surface area contributed by atoms with Crippen LogP contribution < -0.4 is 10.6 Å². The molecule has 0 aliphatic carbocycles. The first-order valence-corrected chi connectivity index (χ1v) is 6.22. The van der Waals surface area contributed by atoms with Crippen molar-refractivity contribution < 1.29 is 18.3 Å². The van der Waals surface area contributed by atoms with Crippen molar-refractivity contribution in [1.82, 2.24) is 10.6 Å². The van der Waals surface area contributed by atoms with Gasteiger partial charge in [0.25, 0.3) is 0 Å². The number of alkyl halides is 3. The summed E-state index contributed by atoms with van der Waals surface area (Å²) in [6.07, 6.45) is -4.56. The maximum atomic E-state index is 12.8. The predicted molar refractivity (Wildman–Crippen MR) is 64.4 cm³/mol. The number of benzene rings is 1. The molecule has 1 aliphatic heterocycles. The smallest absolute Gasteiger partial charge is 0.420 e. The minimum absolute atomic E-state index is 0.254. The van der Waals surface area contributed by atoms with Gasteiger partial charge in [0, 0.05) is 35.7 Å². The third kappa shape index (κ3) is 2.78. The summed E-state index contributed by atoms with van der Waals surface area (Å²) in [5.41, 5.74) is -0.761. The molecule has 1 aromatic rings. The fourth-order valence-electron chi connectivity index (χ4n) is 1.98. The number of hydrogen-bond donors (Lipinski definition) is 3. The van der Waals surface area contributed by atoms with Crippen LogP contribution in [0.4, 0.5) is 13.2 Å². The third-order valence-electron chi connectivity index (χ3n) is 2.83. The number of nitrogens with one attached hydrogen (secondary N) is 2. The van der Waals surface area contributed by atoms with Gasteiger partial charge >= 0.3 is 6.18 Å². The summed E-state index contributed by atoms with van der Waals surface area (Å²) in [5, 5.41) is 15.9. The van der Waals surface area contributed by atoms with E-state index in [1.54, 1.807) is 0 Å². The summed E-state index contributed by atoms with van der Waals surface area (Å²) in [6, 6.07) is 2.07. The van der Waals surface area contributed by atoms with Crippen LogP contribution in [0.2, 0.25) is 0 Å². The largest absolute Gasteiger partial charge is 0.507 e. The molecule has 2 rings (SSSR count). The molecule has 1 saturated heterocycles. The predicted octanol–water partition coefficient (Wildman–Crippen LogP) is 2.41. The number of halogens is 4. The van der Waals surface area contributed by atoms with Crippen LogP contribution in [0.5, 0.6) is 5.75 Å². The van der Waals surface area contributed by atoms with E-state index in [1.807, 2.05) is 0 Å². The van der Waals surface area contributed by atoms with E-state index in [0.717, 1.165) is 12.6 Å². The van der Waals surface area contributed by atoms with E-state index in [4.69, 9.17) is 0 Å². The van der Waals surface area contributed by atoms with Gasteiger partial charge in [0.15, 0.2) is 0 Å². The monoisotopic (exact) mass is 324 g/mol. The molecule has 0 aromatic heterocycles. The van der Waals surface area contributed by atoms with Crippen LogP contribution in [0.1, 0.15) is 17.2 Å². The first kappa shape index (κ1) is 13.6. The van der Waals surface area contributed by atoms with Crippen molar-refractivity contribution in [3.05, 3.63) is 27.7 Å². The summed E-state index contributed by atoms with van der Waals surface area (Å²) in [5.74, 6) is -0.702. The Morgan fingerprint density at radius 2 is 2.00 bits per heavy atom. The highest BCUT2D eigenvalue weighted by Crippen LogP contribution is 2.41. The van der Waals surface area contributed by atoms with E-state index in [9.17, 15) is 18.3 Å². The lowest BCUT2D eigenvalue weighted by Gasteiger charge is -2.26. The van der Waals surface area contributed by atoms with Crippen LogP contribution in [0.15, 0.2) is 16.6 Å². The Bertz CT molecular complexity index is 445. The average Bonchev–Trinajstić information content (AvgIpc) is 2.31. The standard InChI is InChI=1S/C11H12BrF3N2O/c12-6-3-7(9-5-16-1-2-17-9)10(18)8(4-6)11(13,14)15/h3-4,9,16-18H,1-2,5H2/t9-/m1/s1. The van der Waals surface area contributed by atoms with Crippen LogP contribution in [-0.2, 0) is 6.18 Å². The topological polar surface area (TPSA) is 44.3 Å². The van der Waals surface area contributed by atoms with E-state index in [2.05, 4.69) is 26.6 Å². The molecule has 1 aromatic carbocycles. The van der Waals surface area contributed by atoms with Crippen molar-refractivity contribution in [2.24, 2.45) is 0 Å². The van der Waals surface area contributed by atoms with Crippen LogP contribution >= 0.6 is 15.9 Å². The number of piperazine rings is 1. The van der Waals surface area contributed by atoms with E-state index >= 15 is 0 Å². The molecule has 0 amide bonds. The maximum absolute atomic E-state index is 12.8. The number of phenolic OH excluding ortho intramolecular Hbond substituents is 1. The molecule has 0 saturated carbocycles. The van der Waals surface area contributed by atoms with Crippen molar-refractivity contribution >= 4 is 15.9 Å². The first-order valence-electron chi connectivity index (χ1n) is 5.43. The van der Waals surface area contributed by atoms with E-state index in [0.29, 0.717) is 17.6 Å². The zero-order chi connectivity index (χ0) is 13.3. The molecule has 100 valence electrons. The molecule has 0 radical (unpaired) electrons. The van der Waals surface area contributed by atoms with Gasteiger partial charge in [-0.25, -0.2) is 0 Å². The molecule has 3 N–H and O–H groups in total. The second-order valence-corrected chi connectivity index (χ2v) is 5.02. The minimum atomic E-state index is -4.56. The molecule has 3 nitrogen and oxygen atoms in total. The number of rotatable bonds is 1. The van der Waals surface area contributed by atoms with Gasteiger partial charge in [-0.2, -0.15) is 13.2 Å². The average molecular weight is 325 g/mol. The lowest BCUT2D eigenvalue weighted by Crippen LogP contribution is -2.42. The Hall–Kier alpha value is -0.790. The molecule has 18 heavy (non-hydrogen) atoms. The van der Waals surface area contributed by atoms with Gasteiger partial charge < -0.3 is 15.7 Å². The van der Waals surface area contributed by atoms with E-state index in [-0.39, 0.29) is 11.6 Å². The van der Waals surface area contributed by atoms with Crippen LogP contribution in [-0.4, -0.2) is 24.7 Å². The van der Waals surface area contributed by atoms with Crippen LogP contribution in [0.25, 0.3) is 0 Å². The fraction of sp³-hybridized carbons (Fsp3) is 0.455. The Morgan fingerprint density at radius 1 is 1.28 bits per heavy atom. The maximum Gasteiger partial charge on any atom is 0.420 e. The number of aromatic hydroxyl groups is 1. The summed E-state index contributed by atoms with van der Waals surface area (Å²) >= 11 is 3.05. The molecule has 0 bridgehead atoms. The molecule has 1 fully saturated rings. The molecular formula is C11H12BrF3N2O. The zero-order valence-corrected chi connectivity index (χ0v) is 10.9. The highest BCUT2D eigenvalue weighted by molar-refractivity contribution is 9.10. The lowest BCUT2D eigenvalue weighted by molar-refractivity contribution is -0.138. The molecule has 1 atom stereocenters.